The average molecular weight is 261 g/mol. The van der Waals surface area contributed by atoms with E-state index in [1.807, 2.05) is 13.8 Å². The topological polar surface area (TPSA) is 46.2 Å². The smallest absolute Gasteiger partial charge is 0.154 e. The van der Waals surface area contributed by atoms with Crippen molar-refractivity contribution in [1.29, 1.82) is 0 Å². The van der Waals surface area contributed by atoms with E-state index in [4.69, 9.17) is 0 Å². The van der Waals surface area contributed by atoms with E-state index in [1.54, 1.807) is 0 Å². The normalized spacial score (nSPS) is 21.6. The number of hydrogen-bond donors (Lipinski definition) is 1. The molecule has 1 N–H and O–H groups in total. The lowest BCUT2D eigenvalue weighted by atomic mass is 10.1. The summed E-state index contributed by atoms with van der Waals surface area (Å²) in [5.74, 6) is 0.813. The second-order valence-electron chi connectivity index (χ2n) is 5.43. The summed E-state index contributed by atoms with van der Waals surface area (Å²) < 4.78 is 24.5. The number of sulfone groups is 1. The third kappa shape index (κ3) is 4.59. The van der Waals surface area contributed by atoms with Crippen molar-refractivity contribution in [1.82, 2.24) is 5.32 Å². The van der Waals surface area contributed by atoms with Gasteiger partial charge < -0.3 is 5.32 Å². The summed E-state index contributed by atoms with van der Waals surface area (Å²) in [5.41, 5.74) is 0. The van der Waals surface area contributed by atoms with Gasteiger partial charge in [-0.2, -0.15) is 0 Å². The number of rotatable bonds is 7. The summed E-state index contributed by atoms with van der Waals surface area (Å²) in [5, 5.41) is 3.02. The molecule has 1 fully saturated rings. The number of nitrogens with one attached hydrogen (secondary N) is 1. The van der Waals surface area contributed by atoms with Crippen LogP contribution in [-0.4, -0.2) is 32.0 Å². The van der Waals surface area contributed by atoms with Crippen LogP contribution in [0.25, 0.3) is 0 Å². The Bertz CT molecular complexity index is 307. The van der Waals surface area contributed by atoms with Gasteiger partial charge in [-0.3, -0.25) is 0 Å². The van der Waals surface area contributed by atoms with Gasteiger partial charge in [0.25, 0.3) is 0 Å². The maximum absolute atomic E-state index is 12.3. The molecule has 3 nitrogen and oxygen atoms in total. The van der Waals surface area contributed by atoms with E-state index in [2.05, 4.69) is 12.2 Å². The van der Waals surface area contributed by atoms with E-state index < -0.39 is 9.84 Å². The molecule has 0 bridgehead atoms. The van der Waals surface area contributed by atoms with Gasteiger partial charge in [0, 0.05) is 6.04 Å². The molecule has 0 aromatic carbocycles. The Balaban J connectivity index is 2.49. The Hall–Kier alpha value is -0.0900. The molecule has 0 saturated heterocycles. The van der Waals surface area contributed by atoms with Gasteiger partial charge >= 0.3 is 0 Å². The second kappa shape index (κ2) is 6.74. The lowest BCUT2D eigenvalue weighted by molar-refractivity contribution is 0.499. The highest BCUT2D eigenvalue weighted by Gasteiger charge is 2.30. The fourth-order valence-electron chi connectivity index (χ4n) is 2.51. The van der Waals surface area contributed by atoms with Crippen LogP contribution >= 0.6 is 0 Å². The maximum atomic E-state index is 12.3. The van der Waals surface area contributed by atoms with E-state index in [0.29, 0.717) is 11.7 Å². The quantitative estimate of drug-likeness (QED) is 0.765. The predicted octanol–water partition coefficient (Wildman–Crippen LogP) is 2.37. The number of hydrogen-bond acceptors (Lipinski definition) is 3. The summed E-state index contributed by atoms with van der Waals surface area (Å²) in [7, 11) is -2.94. The molecule has 0 aromatic heterocycles. The van der Waals surface area contributed by atoms with Crippen molar-refractivity contribution in [3.63, 3.8) is 0 Å². The SMILES string of the molecule is CCCNC(C)C(C)S(=O)(=O)CC1CCCC1. The van der Waals surface area contributed by atoms with Crippen molar-refractivity contribution in [2.24, 2.45) is 5.92 Å². The molecule has 17 heavy (non-hydrogen) atoms. The Morgan fingerprint density at radius 1 is 1.24 bits per heavy atom. The molecule has 0 amide bonds. The van der Waals surface area contributed by atoms with E-state index in [-0.39, 0.29) is 11.3 Å². The molecule has 0 spiro atoms. The van der Waals surface area contributed by atoms with Crippen LogP contribution < -0.4 is 5.32 Å². The molecular weight excluding hydrogens is 234 g/mol. The molecule has 0 aliphatic heterocycles. The van der Waals surface area contributed by atoms with Gasteiger partial charge in [-0.05, 0) is 45.6 Å². The molecule has 1 rings (SSSR count). The molecular formula is C13H27NO2S. The molecule has 2 atom stereocenters. The molecule has 1 saturated carbocycles. The molecule has 0 heterocycles. The monoisotopic (exact) mass is 261 g/mol. The minimum Gasteiger partial charge on any atom is -0.313 e. The highest BCUT2D eigenvalue weighted by atomic mass is 32.2. The van der Waals surface area contributed by atoms with Gasteiger partial charge in [-0.1, -0.05) is 19.8 Å². The Labute approximate surface area is 106 Å². The van der Waals surface area contributed by atoms with E-state index in [1.165, 1.54) is 12.8 Å². The lowest BCUT2D eigenvalue weighted by Crippen LogP contribution is -2.42. The van der Waals surface area contributed by atoms with Crippen molar-refractivity contribution >= 4 is 9.84 Å². The summed E-state index contributed by atoms with van der Waals surface area (Å²) in [6, 6.07) is 0.0568. The van der Waals surface area contributed by atoms with Crippen LogP contribution in [0.1, 0.15) is 52.9 Å². The van der Waals surface area contributed by atoms with Gasteiger partial charge in [0.15, 0.2) is 9.84 Å². The van der Waals surface area contributed by atoms with E-state index >= 15 is 0 Å². The summed E-state index contributed by atoms with van der Waals surface area (Å²) in [6.45, 7) is 6.81. The fourth-order valence-corrected chi connectivity index (χ4v) is 4.52. The molecule has 1 aliphatic carbocycles. The first kappa shape index (κ1) is 15.0. The van der Waals surface area contributed by atoms with Gasteiger partial charge in [-0.25, -0.2) is 8.42 Å². The van der Waals surface area contributed by atoms with Crippen molar-refractivity contribution in [3.8, 4) is 0 Å². The summed E-state index contributed by atoms with van der Waals surface area (Å²) >= 11 is 0. The first-order valence-corrected chi connectivity index (χ1v) is 8.64. The van der Waals surface area contributed by atoms with Crippen LogP contribution in [0.5, 0.6) is 0 Å². The van der Waals surface area contributed by atoms with Crippen LogP contribution in [0.2, 0.25) is 0 Å². The first-order chi connectivity index (χ1) is 7.97. The maximum Gasteiger partial charge on any atom is 0.154 e. The first-order valence-electron chi connectivity index (χ1n) is 6.92. The van der Waals surface area contributed by atoms with E-state index in [9.17, 15) is 8.42 Å². The minimum absolute atomic E-state index is 0.0568. The zero-order valence-corrected chi connectivity index (χ0v) is 12.2. The zero-order valence-electron chi connectivity index (χ0n) is 11.4. The Kier molecular flexibility index (Phi) is 5.93. The zero-order chi connectivity index (χ0) is 12.9. The molecule has 2 unspecified atom stereocenters. The lowest BCUT2D eigenvalue weighted by Gasteiger charge is -2.23. The van der Waals surface area contributed by atoms with Crippen LogP contribution in [0.3, 0.4) is 0 Å². The average Bonchev–Trinajstić information content (AvgIpc) is 2.76. The molecule has 1 aliphatic rings. The van der Waals surface area contributed by atoms with E-state index in [0.717, 1.165) is 25.8 Å². The van der Waals surface area contributed by atoms with Gasteiger partial charge in [0.2, 0.25) is 0 Å². The summed E-state index contributed by atoms with van der Waals surface area (Å²) in [4.78, 5) is 0. The second-order valence-corrected chi connectivity index (χ2v) is 7.83. The van der Waals surface area contributed by atoms with Gasteiger partial charge in [0.05, 0.1) is 11.0 Å². The highest BCUT2D eigenvalue weighted by molar-refractivity contribution is 7.92. The molecule has 0 radical (unpaired) electrons. The predicted molar refractivity (Wildman–Crippen MR) is 73.0 cm³/mol. The minimum atomic E-state index is -2.94. The molecule has 4 heteroatoms. The molecule has 102 valence electrons. The van der Waals surface area contributed by atoms with Crippen molar-refractivity contribution in [2.45, 2.75) is 64.2 Å². The third-order valence-electron chi connectivity index (χ3n) is 3.93. The van der Waals surface area contributed by atoms with Crippen LogP contribution in [0, 0.1) is 5.92 Å². The standard InChI is InChI=1S/C13H27NO2S/c1-4-9-14-11(2)12(3)17(15,16)10-13-7-5-6-8-13/h11-14H,4-10H2,1-3H3. The fraction of sp³-hybridized carbons (Fsp3) is 1.00. The Morgan fingerprint density at radius 3 is 2.35 bits per heavy atom. The van der Waals surface area contributed by atoms with Crippen LogP contribution in [0.15, 0.2) is 0 Å². The third-order valence-corrected chi connectivity index (χ3v) is 6.41. The van der Waals surface area contributed by atoms with Crippen molar-refractivity contribution < 1.29 is 8.42 Å². The van der Waals surface area contributed by atoms with Crippen molar-refractivity contribution in [2.75, 3.05) is 12.3 Å². The summed E-state index contributed by atoms with van der Waals surface area (Å²) in [6.07, 6.45) is 5.65. The highest BCUT2D eigenvalue weighted by Crippen LogP contribution is 2.27. The van der Waals surface area contributed by atoms with Crippen molar-refractivity contribution in [3.05, 3.63) is 0 Å². The largest absolute Gasteiger partial charge is 0.313 e. The van der Waals surface area contributed by atoms with Gasteiger partial charge in [-0.15, -0.1) is 0 Å². The van der Waals surface area contributed by atoms with Crippen LogP contribution in [-0.2, 0) is 9.84 Å². The van der Waals surface area contributed by atoms with Crippen LogP contribution in [0.4, 0.5) is 0 Å². The van der Waals surface area contributed by atoms with Gasteiger partial charge in [0.1, 0.15) is 0 Å². The Morgan fingerprint density at radius 2 is 1.82 bits per heavy atom. The molecule has 0 aromatic rings.